The molecule has 0 spiro atoms. The van der Waals surface area contributed by atoms with Gasteiger partial charge in [-0.1, -0.05) is 49.5 Å². The second-order valence-electron chi connectivity index (χ2n) is 5.71. The molecule has 134 valence electrons. The normalized spacial score (nSPS) is 10.6. The zero-order chi connectivity index (χ0) is 18.4. The van der Waals surface area contributed by atoms with Crippen molar-refractivity contribution in [1.82, 2.24) is 0 Å². The van der Waals surface area contributed by atoms with Crippen LogP contribution in [-0.4, -0.2) is 22.9 Å². The van der Waals surface area contributed by atoms with Gasteiger partial charge in [-0.3, -0.25) is 0 Å². The van der Waals surface area contributed by atoms with Gasteiger partial charge in [0, 0.05) is 19.3 Å². The second kappa shape index (κ2) is 19.9. The summed E-state index contributed by atoms with van der Waals surface area (Å²) in [7, 11) is 0. The van der Waals surface area contributed by atoms with E-state index < -0.39 is 6.10 Å². The van der Waals surface area contributed by atoms with Crippen molar-refractivity contribution in [2.75, 3.05) is 6.61 Å². The van der Waals surface area contributed by atoms with Crippen LogP contribution in [0.4, 0.5) is 0 Å². The molecule has 0 aromatic carbocycles. The van der Waals surface area contributed by atoms with Crippen LogP contribution in [0.25, 0.3) is 0 Å². The van der Waals surface area contributed by atoms with Gasteiger partial charge in [-0.15, -0.1) is 18.3 Å². The van der Waals surface area contributed by atoms with Crippen molar-refractivity contribution in [3.05, 3.63) is 12.2 Å². The van der Waals surface area contributed by atoms with Gasteiger partial charge in [0.25, 0.3) is 0 Å². The molecular formula is C23H30O2. The highest BCUT2D eigenvalue weighted by Crippen LogP contribution is 2.08. The number of terminal acetylenes is 1. The molecule has 2 N–H and O–H groups in total. The first-order valence-corrected chi connectivity index (χ1v) is 9.15. The minimum Gasteiger partial charge on any atom is -0.393 e. The molecule has 0 bridgehead atoms. The first kappa shape index (κ1) is 22.9. The molecule has 0 saturated heterocycles. The first-order valence-electron chi connectivity index (χ1n) is 9.15. The van der Waals surface area contributed by atoms with Gasteiger partial charge >= 0.3 is 0 Å². The van der Waals surface area contributed by atoms with E-state index >= 15 is 0 Å². The van der Waals surface area contributed by atoms with Crippen molar-refractivity contribution >= 4 is 0 Å². The Hall–Kier alpha value is -2.10. The van der Waals surface area contributed by atoms with Crippen molar-refractivity contribution in [2.24, 2.45) is 0 Å². The molecule has 0 heterocycles. The van der Waals surface area contributed by atoms with Crippen LogP contribution in [0.2, 0.25) is 0 Å². The van der Waals surface area contributed by atoms with Gasteiger partial charge in [-0.05, 0) is 43.6 Å². The zero-order valence-corrected chi connectivity index (χ0v) is 15.2. The number of hydrogen-bond donors (Lipinski definition) is 2. The lowest BCUT2D eigenvalue weighted by molar-refractivity contribution is 0.138. The standard InChI is InChI=1S/C23H30O2/c1-2-3-4-5-6-7-8-9-10-11-12-13-14-15-16-17-18-19-20-21-23(25)22-24/h1,3-4,23-25H,5-12,15-17,22H2/b4-3-/t23-/m1/s1. The Balaban J connectivity index is 3.38. The fraction of sp³-hybridized carbons (Fsp3) is 0.565. The third kappa shape index (κ3) is 19.9. The Kier molecular flexibility index (Phi) is 18.3. The average molecular weight is 338 g/mol. The number of allylic oxidation sites excluding steroid dienone is 2. The summed E-state index contributed by atoms with van der Waals surface area (Å²) in [5.41, 5.74) is 0. The summed E-state index contributed by atoms with van der Waals surface area (Å²) < 4.78 is 0. The Morgan fingerprint density at radius 3 is 2.16 bits per heavy atom. The molecule has 0 rings (SSSR count). The van der Waals surface area contributed by atoms with Crippen molar-refractivity contribution in [3.8, 4) is 47.9 Å². The van der Waals surface area contributed by atoms with Crippen LogP contribution in [0.5, 0.6) is 0 Å². The number of unbranched alkanes of at least 4 members (excludes halogenated alkanes) is 9. The zero-order valence-electron chi connectivity index (χ0n) is 15.2. The fourth-order valence-electron chi connectivity index (χ4n) is 2.05. The summed E-state index contributed by atoms with van der Waals surface area (Å²) in [5, 5.41) is 17.5. The molecule has 0 radical (unpaired) electrons. The minimum absolute atomic E-state index is 0.352. The monoisotopic (exact) mass is 338 g/mol. The van der Waals surface area contributed by atoms with Gasteiger partial charge in [0.15, 0.2) is 0 Å². The molecule has 0 aromatic heterocycles. The molecule has 0 aliphatic carbocycles. The Morgan fingerprint density at radius 1 is 0.800 bits per heavy atom. The SMILES string of the molecule is C#C/C=C\CCCCCCCCC#CCCCC#CC#C[C@@H](O)CO. The van der Waals surface area contributed by atoms with Crippen LogP contribution < -0.4 is 0 Å². The highest BCUT2D eigenvalue weighted by Gasteiger charge is 1.91. The van der Waals surface area contributed by atoms with Crippen molar-refractivity contribution < 1.29 is 10.2 Å². The number of aliphatic hydroxyl groups is 2. The molecule has 0 fully saturated rings. The van der Waals surface area contributed by atoms with Crippen molar-refractivity contribution in [1.29, 1.82) is 0 Å². The van der Waals surface area contributed by atoms with Gasteiger partial charge in [0.1, 0.15) is 6.10 Å². The van der Waals surface area contributed by atoms with Gasteiger partial charge in [-0.2, -0.15) is 0 Å². The highest BCUT2D eigenvalue weighted by molar-refractivity contribution is 5.27. The maximum absolute atomic E-state index is 8.98. The summed E-state index contributed by atoms with van der Waals surface area (Å²) in [6.07, 6.45) is 20.2. The van der Waals surface area contributed by atoms with Gasteiger partial charge in [0.2, 0.25) is 0 Å². The number of hydrogen-bond acceptors (Lipinski definition) is 2. The van der Waals surface area contributed by atoms with Gasteiger partial charge in [0.05, 0.1) is 6.61 Å². The summed E-state index contributed by atoms with van der Waals surface area (Å²) in [6, 6.07) is 0. The smallest absolute Gasteiger partial charge is 0.138 e. The third-order valence-electron chi connectivity index (χ3n) is 3.43. The topological polar surface area (TPSA) is 40.5 Å². The summed E-state index contributed by atoms with van der Waals surface area (Å²) in [5.74, 6) is 19.4. The van der Waals surface area contributed by atoms with Crippen LogP contribution in [0.3, 0.4) is 0 Å². The van der Waals surface area contributed by atoms with E-state index in [2.05, 4.69) is 47.5 Å². The van der Waals surface area contributed by atoms with E-state index in [0.29, 0.717) is 0 Å². The predicted octanol–water partition coefficient (Wildman–Crippen LogP) is 3.83. The molecule has 0 saturated carbocycles. The average Bonchev–Trinajstić information content (AvgIpc) is 2.63. The fourth-order valence-corrected chi connectivity index (χ4v) is 2.05. The van der Waals surface area contributed by atoms with E-state index in [9.17, 15) is 0 Å². The van der Waals surface area contributed by atoms with Crippen LogP contribution in [0.15, 0.2) is 12.2 Å². The third-order valence-corrected chi connectivity index (χ3v) is 3.43. The lowest BCUT2D eigenvalue weighted by Crippen LogP contribution is -2.07. The van der Waals surface area contributed by atoms with Crippen LogP contribution in [-0.2, 0) is 0 Å². The van der Waals surface area contributed by atoms with Crippen LogP contribution in [0.1, 0.15) is 70.6 Å². The molecule has 0 aliphatic rings. The summed E-state index contributed by atoms with van der Waals surface area (Å²) >= 11 is 0. The molecule has 2 heteroatoms. The molecule has 25 heavy (non-hydrogen) atoms. The van der Waals surface area contributed by atoms with E-state index in [4.69, 9.17) is 16.6 Å². The van der Waals surface area contributed by atoms with Gasteiger partial charge < -0.3 is 10.2 Å². The van der Waals surface area contributed by atoms with E-state index in [1.54, 1.807) is 6.08 Å². The molecule has 0 unspecified atom stereocenters. The second-order valence-corrected chi connectivity index (χ2v) is 5.71. The summed E-state index contributed by atoms with van der Waals surface area (Å²) in [6.45, 7) is -0.352. The van der Waals surface area contributed by atoms with E-state index in [-0.39, 0.29) is 6.61 Å². The quantitative estimate of drug-likeness (QED) is 0.444. The molecule has 0 aliphatic heterocycles. The van der Waals surface area contributed by atoms with E-state index in [1.807, 2.05) is 0 Å². The summed E-state index contributed by atoms with van der Waals surface area (Å²) in [4.78, 5) is 0. The first-order chi connectivity index (χ1) is 12.3. The Labute approximate surface area is 154 Å². The maximum atomic E-state index is 8.98. The van der Waals surface area contributed by atoms with E-state index in [1.165, 1.54) is 38.5 Å². The maximum Gasteiger partial charge on any atom is 0.138 e. The molecule has 0 aromatic rings. The Bertz CT molecular complexity index is 561. The molecule has 2 nitrogen and oxygen atoms in total. The van der Waals surface area contributed by atoms with Crippen molar-refractivity contribution in [2.45, 2.75) is 76.7 Å². The van der Waals surface area contributed by atoms with Crippen molar-refractivity contribution in [3.63, 3.8) is 0 Å². The molecule has 0 amide bonds. The lowest BCUT2D eigenvalue weighted by Gasteiger charge is -1.98. The minimum atomic E-state index is -0.990. The molecular weight excluding hydrogens is 308 g/mol. The predicted molar refractivity (Wildman–Crippen MR) is 105 cm³/mol. The van der Waals surface area contributed by atoms with Crippen LogP contribution in [0, 0.1) is 47.9 Å². The largest absolute Gasteiger partial charge is 0.393 e. The number of rotatable bonds is 11. The lowest BCUT2D eigenvalue weighted by atomic mass is 10.1. The van der Waals surface area contributed by atoms with Crippen LogP contribution >= 0.6 is 0 Å². The van der Waals surface area contributed by atoms with E-state index in [0.717, 1.165) is 32.1 Å². The molecule has 1 atom stereocenters. The van der Waals surface area contributed by atoms with Gasteiger partial charge in [-0.25, -0.2) is 0 Å². The Morgan fingerprint density at radius 2 is 1.44 bits per heavy atom. The number of aliphatic hydroxyl groups excluding tert-OH is 2. The highest BCUT2D eigenvalue weighted by atomic mass is 16.3.